The monoisotopic (exact) mass is 330 g/mol. The fourth-order valence-corrected chi connectivity index (χ4v) is 2.56. The van der Waals surface area contributed by atoms with E-state index in [1.54, 1.807) is 0 Å². The molecule has 0 spiro atoms. The maximum absolute atomic E-state index is 12.2. The molecule has 2 aromatic rings. The zero-order valence-electron chi connectivity index (χ0n) is 13.8. The van der Waals surface area contributed by atoms with Gasteiger partial charge in [0.1, 0.15) is 0 Å². The van der Waals surface area contributed by atoms with Gasteiger partial charge in [-0.25, -0.2) is 0 Å². The highest BCUT2D eigenvalue weighted by Gasteiger charge is 2.11. The molecule has 3 nitrogen and oxygen atoms in total. The Morgan fingerprint density at radius 3 is 2.48 bits per heavy atom. The highest BCUT2D eigenvalue weighted by molar-refractivity contribution is 6.30. The van der Waals surface area contributed by atoms with Gasteiger partial charge in [0.05, 0.1) is 0 Å². The van der Waals surface area contributed by atoms with Crippen molar-refractivity contribution in [2.45, 2.75) is 33.1 Å². The molecule has 0 bridgehead atoms. The number of nitrogens with one attached hydrogen (secondary N) is 2. The quantitative estimate of drug-likeness (QED) is 0.763. The van der Waals surface area contributed by atoms with Crippen LogP contribution in [0.15, 0.2) is 42.5 Å². The Hall–Kier alpha value is -2.00. The van der Waals surface area contributed by atoms with Crippen molar-refractivity contribution in [3.63, 3.8) is 0 Å². The Labute approximate surface area is 143 Å². The number of hydrogen-bond acceptors (Lipinski definition) is 2. The molecular weight excluding hydrogens is 308 g/mol. The summed E-state index contributed by atoms with van der Waals surface area (Å²) in [6.45, 7) is 6.86. The van der Waals surface area contributed by atoms with Crippen LogP contribution in [0.25, 0.3) is 0 Å². The van der Waals surface area contributed by atoms with Crippen LogP contribution in [-0.2, 0) is 4.79 Å². The average molecular weight is 331 g/mol. The van der Waals surface area contributed by atoms with Crippen molar-refractivity contribution in [1.82, 2.24) is 0 Å². The van der Waals surface area contributed by atoms with Crippen molar-refractivity contribution in [1.29, 1.82) is 0 Å². The molecule has 0 radical (unpaired) electrons. The standard InChI is InChI=1S/C19H23ClN2O/c1-13(2)17-6-4-5-14(3)19(17)22-18(23)11-12-21-16-9-7-15(20)8-10-16/h4-10,13,21H,11-12H2,1-3H3,(H,22,23). The summed E-state index contributed by atoms with van der Waals surface area (Å²) in [5, 5.41) is 6.98. The van der Waals surface area contributed by atoms with Crippen LogP contribution >= 0.6 is 11.6 Å². The van der Waals surface area contributed by atoms with E-state index >= 15 is 0 Å². The lowest BCUT2D eigenvalue weighted by Gasteiger charge is -2.16. The van der Waals surface area contributed by atoms with Crippen molar-refractivity contribution >= 4 is 28.9 Å². The smallest absolute Gasteiger partial charge is 0.226 e. The molecule has 23 heavy (non-hydrogen) atoms. The number of amides is 1. The van der Waals surface area contributed by atoms with Gasteiger partial charge < -0.3 is 10.6 Å². The maximum Gasteiger partial charge on any atom is 0.226 e. The number of anilines is 2. The number of para-hydroxylation sites is 1. The fourth-order valence-electron chi connectivity index (χ4n) is 2.43. The molecule has 0 unspecified atom stereocenters. The van der Waals surface area contributed by atoms with Gasteiger partial charge in [0.2, 0.25) is 5.91 Å². The SMILES string of the molecule is Cc1cccc(C(C)C)c1NC(=O)CCNc1ccc(Cl)cc1. The van der Waals surface area contributed by atoms with Crippen LogP contribution < -0.4 is 10.6 Å². The lowest BCUT2D eigenvalue weighted by molar-refractivity contribution is -0.115. The van der Waals surface area contributed by atoms with E-state index in [9.17, 15) is 4.79 Å². The topological polar surface area (TPSA) is 41.1 Å². The average Bonchev–Trinajstić information content (AvgIpc) is 2.51. The summed E-state index contributed by atoms with van der Waals surface area (Å²) >= 11 is 5.85. The van der Waals surface area contributed by atoms with Crippen molar-refractivity contribution in [3.8, 4) is 0 Å². The Morgan fingerprint density at radius 2 is 1.83 bits per heavy atom. The first kappa shape index (κ1) is 17.4. The minimum absolute atomic E-state index is 0.0164. The van der Waals surface area contributed by atoms with Crippen molar-refractivity contribution in [2.75, 3.05) is 17.2 Å². The van der Waals surface area contributed by atoms with E-state index < -0.39 is 0 Å². The van der Waals surface area contributed by atoms with Gasteiger partial charge in [0.15, 0.2) is 0 Å². The van der Waals surface area contributed by atoms with Crippen molar-refractivity contribution in [3.05, 3.63) is 58.6 Å². The Bertz CT molecular complexity index is 666. The Morgan fingerprint density at radius 1 is 1.13 bits per heavy atom. The predicted molar refractivity (Wildman–Crippen MR) is 98.5 cm³/mol. The number of halogens is 1. The van der Waals surface area contributed by atoms with E-state index in [-0.39, 0.29) is 5.91 Å². The van der Waals surface area contributed by atoms with Crippen molar-refractivity contribution < 1.29 is 4.79 Å². The third-order valence-electron chi connectivity index (χ3n) is 3.72. The lowest BCUT2D eigenvalue weighted by atomic mass is 9.98. The molecule has 0 aromatic heterocycles. The van der Waals surface area contributed by atoms with Gasteiger partial charge in [-0.05, 0) is 48.2 Å². The molecule has 2 aromatic carbocycles. The largest absolute Gasteiger partial charge is 0.385 e. The first-order valence-electron chi connectivity index (χ1n) is 7.86. The third kappa shape index (κ3) is 5.00. The molecule has 2 N–H and O–H groups in total. The molecule has 122 valence electrons. The minimum atomic E-state index is 0.0164. The summed E-state index contributed by atoms with van der Waals surface area (Å²) in [7, 11) is 0. The minimum Gasteiger partial charge on any atom is -0.385 e. The molecule has 0 fully saturated rings. The third-order valence-corrected chi connectivity index (χ3v) is 3.97. The van der Waals surface area contributed by atoms with E-state index in [4.69, 9.17) is 11.6 Å². The van der Waals surface area contributed by atoms with Gasteiger partial charge in [0, 0.05) is 29.4 Å². The van der Waals surface area contributed by atoms with Gasteiger partial charge >= 0.3 is 0 Å². The second-order valence-corrected chi connectivity index (χ2v) is 6.36. The summed E-state index contributed by atoms with van der Waals surface area (Å²) in [6.07, 6.45) is 0.411. The van der Waals surface area contributed by atoms with Gasteiger partial charge in [-0.3, -0.25) is 4.79 Å². The van der Waals surface area contributed by atoms with E-state index in [0.717, 1.165) is 16.9 Å². The molecular formula is C19H23ClN2O. The maximum atomic E-state index is 12.2. The van der Waals surface area contributed by atoms with E-state index in [1.165, 1.54) is 5.56 Å². The molecule has 0 atom stereocenters. The summed E-state index contributed by atoms with van der Waals surface area (Å²) < 4.78 is 0. The molecule has 2 rings (SSSR count). The molecule has 0 aliphatic heterocycles. The molecule has 0 heterocycles. The van der Waals surface area contributed by atoms with Crippen LogP contribution in [-0.4, -0.2) is 12.5 Å². The normalized spacial score (nSPS) is 10.7. The van der Waals surface area contributed by atoms with E-state index in [1.807, 2.05) is 43.3 Å². The molecule has 1 amide bonds. The number of carbonyl (C=O) groups excluding carboxylic acids is 1. The van der Waals surface area contributed by atoms with E-state index in [0.29, 0.717) is 23.9 Å². The summed E-state index contributed by atoms with van der Waals surface area (Å²) in [5.41, 5.74) is 4.17. The van der Waals surface area contributed by atoms with Crippen LogP contribution in [0.2, 0.25) is 5.02 Å². The van der Waals surface area contributed by atoms with Crippen LogP contribution in [0.4, 0.5) is 11.4 Å². The number of carbonyl (C=O) groups is 1. The first-order chi connectivity index (χ1) is 11.0. The number of hydrogen-bond donors (Lipinski definition) is 2. The highest BCUT2D eigenvalue weighted by atomic mass is 35.5. The molecule has 0 saturated carbocycles. The molecule has 0 aliphatic rings. The van der Waals surface area contributed by atoms with Gasteiger partial charge in [-0.15, -0.1) is 0 Å². The molecule has 4 heteroatoms. The number of rotatable bonds is 6. The summed E-state index contributed by atoms with van der Waals surface area (Å²) in [4.78, 5) is 12.2. The number of aryl methyl sites for hydroxylation is 1. The van der Waals surface area contributed by atoms with Crippen LogP contribution in [0.3, 0.4) is 0 Å². The molecule has 0 saturated heterocycles. The lowest BCUT2D eigenvalue weighted by Crippen LogP contribution is -2.18. The zero-order chi connectivity index (χ0) is 16.8. The summed E-state index contributed by atoms with van der Waals surface area (Å²) in [5.74, 6) is 0.389. The Kier molecular flexibility index (Phi) is 6.05. The van der Waals surface area contributed by atoms with Crippen molar-refractivity contribution in [2.24, 2.45) is 0 Å². The summed E-state index contributed by atoms with van der Waals surface area (Å²) in [6, 6.07) is 13.6. The second-order valence-electron chi connectivity index (χ2n) is 5.93. The van der Waals surface area contributed by atoms with Crippen LogP contribution in [0.1, 0.15) is 37.3 Å². The van der Waals surface area contributed by atoms with E-state index in [2.05, 4.69) is 30.5 Å². The Balaban J connectivity index is 1.91. The van der Waals surface area contributed by atoms with Gasteiger partial charge in [-0.2, -0.15) is 0 Å². The molecule has 0 aliphatic carbocycles. The number of benzene rings is 2. The predicted octanol–water partition coefficient (Wildman–Crippen LogP) is 5.21. The van der Waals surface area contributed by atoms with Crippen LogP contribution in [0.5, 0.6) is 0 Å². The zero-order valence-corrected chi connectivity index (χ0v) is 14.6. The van der Waals surface area contributed by atoms with Gasteiger partial charge in [0.25, 0.3) is 0 Å². The first-order valence-corrected chi connectivity index (χ1v) is 8.24. The van der Waals surface area contributed by atoms with Crippen LogP contribution in [0, 0.1) is 6.92 Å². The van der Waals surface area contributed by atoms with Gasteiger partial charge in [-0.1, -0.05) is 43.6 Å². The second kappa shape index (κ2) is 8.02. The highest BCUT2D eigenvalue weighted by Crippen LogP contribution is 2.27. The fraction of sp³-hybridized carbons (Fsp3) is 0.316.